The lowest BCUT2D eigenvalue weighted by molar-refractivity contribution is 0.234. The molecule has 0 saturated heterocycles. The fourth-order valence-electron chi connectivity index (χ4n) is 1.75. The highest BCUT2D eigenvalue weighted by Gasteiger charge is 2.08. The van der Waals surface area contributed by atoms with Gasteiger partial charge in [0.1, 0.15) is 0 Å². The van der Waals surface area contributed by atoms with Crippen LogP contribution in [0.3, 0.4) is 0 Å². The summed E-state index contributed by atoms with van der Waals surface area (Å²) in [4.78, 5) is 6.87. The summed E-state index contributed by atoms with van der Waals surface area (Å²) >= 11 is 0. The van der Waals surface area contributed by atoms with E-state index in [0.717, 1.165) is 31.9 Å². The molecule has 1 N–H and O–H groups in total. The third-order valence-electron chi connectivity index (χ3n) is 2.92. The van der Waals surface area contributed by atoms with Gasteiger partial charge in [-0.25, -0.2) is 0 Å². The van der Waals surface area contributed by atoms with E-state index in [4.69, 9.17) is 0 Å². The molecule has 0 fully saturated rings. The van der Waals surface area contributed by atoms with Crippen molar-refractivity contribution in [3.05, 3.63) is 42.2 Å². The Morgan fingerprint density at radius 1 is 1.44 bits per heavy atom. The molecule has 0 radical (unpaired) electrons. The van der Waals surface area contributed by atoms with E-state index in [2.05, 4.69) is 54.7 Å². The van der Waals surface area contributed by atoms with Crippen LogP contribution in [0.25, 0.3) is 0 Å². The Labute approximate surface area is 111 Å². The molecular formula is C15H25N3. The quantitative estimate of drug-likeness (QED) is 0.716. The molecule has 0 saturated carbocycles. The molecule has 0 aliphatic rings. The first-order valence-electron chi connectivity index (χ1n) is 6.66. The van der Waals surface area contributed by atoms with Crippen molar-refractivity contribution in [3.63, 3.8) is 0 Å². The van der Waals surface area contributed by atoms with Crippen molar-refractivity contribution in [1.29, 1.82) is 0 Å². The molecule has 0 atom stereocenters. The van der Waals surface area contributed by atoms with E-state index in [0.29, 0.717) is 6.04 Å². The smallest absolute Gasteiger partial charge is 0.0544 e. The van der Waals surface area contributed by atoms with Crippen molar-refractivity contribution in [2.24, 2.45) is 0 Å². The standard InChI is InChI=1S/C15H25N3/c1-5-9-18(13(3)4)12-15-8-7-14(11-17-15)10-16-6-2/h5,7-8,11,13,16H,1,6,9-10,12H2,2-4H3. The van der Waals surface area contributed by atoms with Crippen molar-refractivity contribution in [1.82, 2.24) is 15.2 Å². The zero-order chi connectivity index (χ0) is 13.4. The second-order valence-electron chi connectivity index (χ2n) is 4.75. The van der Waals surface area contributed by atoms with Gasteiger partial charge in [-0.1, -0.05) is 19.1 Å². The van der Waals surface area contributed by atoms with Gasteiger partial charge >= 0.3 is 0 Å². The highest BCUT2D eigenvalue weighted by atomic mass is 15.1. The topological polar surface area (TPSA) is 28.2 Å². The lowest BCUT2D eigenvalue weighted by Gasteiger charge is -2.24. The molecular weight excluding hydrogens is 222 g/mol. The second kappa shape index (κ2) is 8.01. The van der Waals surface area contributed by atoms with Gasteiger partial charge in [0.05, 0.1) is 5.69 Å². The van der Waals surface area contributed by atoms with E-state index < -0.39 is 0 Å². The summed E-state index contributed by atoms with van der Waals surface area (Å²) in [5.74, 6) is 0. The summed E-state index contributed by atoms with van der Waals surface area (Å²) in [7, 11) is 0. The number of hydrogen-bond acceptors (Lipinski definition) is 3. The van der Waals surface area contributed by atoms with Crippen molar-refractivity contribution in [3.8, 4) is 0 Å². The van der Waals surface area contributed by atoms with Crippen molar-refractivity contribution >= 4 is 0 Å². The predicted molar refractivity (Wildman–Crippen MR) is 77.4 cm³/mol. The van der Waals surface area contributed by atoms with Crippen molar-refractivity contribution < 1.29 is 0 Å². The van der Waals surface area contributed by atoms with E-state index in [1.165, 1.54) is 5.56 Å². The summed E-state index contributed by atoms with van der Waals surface area (Å²) in [5, 5.41) is 3.30. The summed E-state index contributed by atoms with van der Waals surface area (Å²) in [6.07, 6.45) is 3.91. The number of nitrogens with zero attached hydrogens (tertiary/aromatic N) is 2. The molecule has 3 nitrogen and oxygen atoms in total. The minimum atomic E-state index is 0.506. The van der Waals surface area contributed by atoms with Crippen LogP contribution in [0, 0.1) is 0 Å². The summed E-state index contributed by atoms with van der Waals surface area (Å²) in [6.45, 7) is 14.0. The van der Waals surface area contributed by atoms with Crippen LogP contribution in [0.5, 0.6) is 0 Å². The maximum Gasteiger partial charge on any atom is 0.0544 e. The maximum absolute atomic E-state index is 4.52. The normalized spacial score (nSPS) is 11.2. The molecule has 1 heterocycles. The van der Waals surface area contributed by atoms with Crippen LogP contribution in [0.4, 0.5) is 0 Å². The monoisotopic (exact) mass is 247 g/mol. The maximum atomic E-state index is 4.52. The fraction of sp³-hybridized carbons (Fsp3) is 0.533. The molecule has 1 rings (SSSR count). The molecule has 0 aliphatic carbocycles. The van der Waals surface area contributed by atoms with Gasteiger partial charge in [-0.3, -0.25) is 9.88 Å². The zero-order valence-corrected chi connectivity index (χ0v) is 11.8. The minimum absolute atomic E-state index is 0.506. The number of rotatable bonds is 8. The van der Waals surface area contributed by atoms with Gasteiger partial charge in [-0.05, 0) is 32.0 Å². The number of hydrogen-bond donors (Lipinski definition) is 1. The fourth-order valence-corrected chi connectivity index (χ4v) is 1.75. The van der Waals surface area contributed by atoms with Gasteiger partial charge in [0, 0.05) is 31.9 Å². The molecule has 18 heavy (non-hydrogen) atoms. The molecule has 0 amide bonds. The van der Waals surface area contributed by atoms with Gasteiger partial charge in [-0.15, -0.1) is 6.58 Å². The zero-order valence-electron chi connectivity index (χ0n) is 11.8. The van der Waals surface area contributed by atoms with Crippen LogP contribution >= 0.6 is 0 Å². The Kier molecular flexibility index (Phi) is 6.61. The van der Waals surface area contributed by atoms with Gasteiger partial charge in [-0.2, -0.15) is 0 Å². The molecule has 1 aromatic rings. The summed E-state index contributed by atoms with van der Waals surface area (Å²) < 4.78 is 0. The molecule has 0 aromatic carbocycles. The van der Waals surface area contributed by atoms with Crippen LogP contribution in [-0.4, -0.2) is 29.0 Å². The van der Waals surface area contributed by atoms with Gasteiger partial charge in [0.15, 0.2) is 0 Å². The van der Waals surface area contributed by atoms with E-state index in [1.54, 1.807) is 0 Å². The Hall–Kier alpha value is -1.19. The minimum Gasteiger partial charge on any atom is -0.313 e. The van der Waals surface area contributed by atoms with Gasteiger partial charge in [0.2, 0.25) is 0 Å². The van der Waals surface area contributed by atoms with Crippen LogP contribution in [-0.2, 0) is 13.1 Å². The van der Waals surface area contributed by atoms with E-state index >= 15 is 0 Å². The van der Waals surface area contributed by atoms with Crippen LogP contribution in [0.2, 0.25) is 0 Å². The highest BCUT2D eigenvalue weighted by molar-refractivity contribution is 5.14. The Bertz CT molecular complexity index is 343. The molecule has 0 unspecified atom stereocenters. The predicted octanol–water partition coefficient (Wildman–Crippen LogP) is 2.59. The molecule has 0 aliphatic heterocycles. The molecule has 0 spiro atoms. The summed E-state index contributed by atoms with van der Waals surface area (Å²) in [6, 6.07) is 4.77. The SMILES string of the molecule is C=CCN(Cc1ccc(CNCC)cn1)C(C)C. The van der Waals surface area contributed by atoms with E-state index in [9.17, 15) is 0 Å². The van der Waals surface area contributed by atoms with E-state index in [1.807, 2.05) is 12.3 Å². The van der Waals surface area contributed by atoms with Crippen LogP contribution in [0.1, 0.15) is 32.0 Å². The van der Waals surface area contributed by atoms with Gasteiger partial charge in [0.25, 0.3) is 0 Å². The number of nitrogens with one attached hydrogen (secondary N) is 1. The van der Waals surface area contributed by atoms with Crippen LogP contribution in [0.15, 0.2) is 31.0 Å². The van der Waals surface area contributed by atoms with Crippen molar-refractivity contribution in [2.75, 3.05) is 13.1 Å². The third-order valence-corrected chi connectivity index (χ3v) is 2.92. The Morgan fingerprint density at radius 3 is 2.72 bits per heavy atom. The van der Waals surface area contributed by atoms with Crippen molar-refractivity contribution in [2.45, 2.75) is 39.9 Å². The Morgan fingerprint density at radius 2 is 2.22 bits per heavy atom. The third kappa shape index (κ3) is 4.98. The average Bonchev–Trinajstić information content (AvgIpc) is 2.37. The highest BCUT2D eigenvalue weighted by Crippen LogP contribution is 2.07. The van der Waals surface area contributed by atoms with E-state index in [-0.39, 0.29) is 0 Å². The molecule has 1 aromatic heterocycles. The number of pyridine rings is 1. The lowest BCUT2D eigenvalue weighted by atomic mass is 10.2. The molecule has 3 heteroatoms. The largest absolute Gasteiger partial charge is 0.313 e. The Balaban J connectivity index is 2.58. The summed E-state index contributed by atoms with van der Waals surface area (Å²) in [5.41, 5.74) is 2.35. The van der Waals surface area contributed by atoms with Gasteiger partial charge < -0.3 is 5.32 Å². The first-order valence-corrected chi connectivity index (χ1v) is 6.66. The first-order chi connectivity index (χ1) is 8.67. The second-order valence-corrected chi connectivity index (χ2v) is 4.75. The first kappa shape index (κ1) is 14.9. The van der Waals surface area contributed by atoms with Crippen LogP contribution < -0.4 is 5.32 Å². The lowest BCUT2D eigenvalue weighted by Crippen LogP contribution is -2.30. The average molecular weight is 247 g/mol. The number of aromatic nitrogens is 1. The molecule has 0 bridgehead atoms. The molecule has 100 valence electrons.